The van der Waals surface area contributed by atoms with Crippen LogP contribution in [0.25, 0.3) is 0 Å². The molecule has 0 nitrogen and oxygen atoms in total. The van der Waals surface area contributed by atoms with E-state index in [1.165, 1.54) is 35.1 Å². The maximum atomic E-state index is 3.42. The highest BCUT2D eigenvalue weighted by Gasteiger charge is 2.28. The first kappa shape index (κ1) is 18.2. The fourth-order valence-corrected chi connectivity index (χ4v) is 3.42. The molecule has 0 radical (unpaired) electrons. The van der Waals surface area contributed by atoms with Crippen molar-refractivity contribution in [3.05, 3.63) is 105 Å². The molecule has 136 valence electrons. The smallest absolute Gasteiger partial charge is 0.0287 e. The standard InChI is InChI=1S/C28H24/c1-20-4-8-23(9-5-20)12-14-25-16-17-26(28(22(25)3)27-18-19-27)15-13-24-10-6-21(2)7-11-24/h4-11,16-17,27H,18-19H2,1-3H3. The Balaban J connectivity index is 1.68. The van der Waals surface area contributed by atoms with Crippen molar-refractivity contribution in [3.8, 4) is 23.7 Å². The molecule has 0 N–H and O–H groups in total. The highest BCUT2D eigenvalue weighted by molar-refractivity contribution is 5.58. The van der Waals surface area contributed by atoms with Crippen molar-refractivity contribution in [1.29, 1.82) is 0 Å². The zero-order chi connectivity index (χ0) is 19.5. The Bertz CT molecular complexity index is 1120. The molecule has 0 heteroatoms. The van der Waals surface area contributed by atoms with Crippen LogP contribution < -0.4 is 0 Å². The highest BCUT2D eigenvalue weighted by Crippen LogP contribution is 2.43. The van der Waals surface area contributed by atoms with Gasteiger partial charge in [0.2, 0.25) is 0 Å². The minimum atomic E-state index is 0.642. The SMILES string of the molecule is Cc1ccc(C#Cc2ccc(C#Cc3ccc(C)cc3)c(C3CC3)c2C)cc1. The zero-order valence-corrected chi connectivity index (χ0v) is 16.8. The van der Waals surface area contributed by atoms with Crippen LogP contribution in [0.3, 0.4) is 0 Å². The lowest BCUT2D eigenvalue weighted by atomic mass is 9.93. The van der Waals surface area contributed by atoms with E-state index in [-0.39, 0.29) is 0 Å². The molecule has 1 fully saturated rings. The summed E-state index contributed by atoms with van der Waals surface area (Å²) in [6.45, 7) is 6.39. The van der Waals surface area contributed by atoms with Crippen LogP contribution >= 0.6 is 0 Å². The van der Waals surface area contributed by atoms with Crippen molar-refractivity contribution in [2.75, 3.05) is 0 Å². The second kappa shape index (κ2) is 7.80. The second-order valence-electron chi connectivity index (χ2n) is 7.71. The van der Waals surface area contributed by atoms with Gasteiger partial charge in [-0.15, -0.1) is 0 Å². The van der Waals surface area contributed by atoms with Crippen molar-refractivity contribution >= 4 is 0 Å². The first-order chi connectivity index (χ1) is 13.6. The summed E-state index contributed by atoms with van der Waals surface area (Å²) in [7, 11) is 0. The third-order valence-corrected chi connectivity index (χ3v) is 5.29. The van der Waals surface area contributed by atoms with E-state index in [1.807, 2.05) is 0 Å². The van der Waals surface area contributed by atoms with Crippen LogP contribution in [0.15, 0.2) is 60.7 Å². The minimum Gasteiger partial charge on any atom is -0.0616 e. The maximum Gasteiger partial charge on any atom is 0.0287 e. The van der Waals surface area contributed by atoms with E-state index < -0.39 is 0 Å². The van der Waals surface area contributed by atoms with Crippen LogP contribution in [0, 0.1) is 44.5 Å². The van der Waals surface area contributed by atoms with Crippen molar-refractivity contribution in [3.63, 3.8) is 0 Å². The topological polar surface area (TPSA) is 0 Å². The number of hydrogen-bond donors (Lipinski definition) is 0. The average molecular weight is 361 g/mol. The normalized spacial score (nSPS) is 12.5. The van der Waals surface area contributed by atoms with Crippen molar-refractivity contribution in [2.45, 2.75) is 39.5 Å². The molecule has 1 saturated carbocycles. The molecule has 0 amide bonds. The molecule has 0 aromatic heterocycles. The Hall–Kier alpha value is -3.22. The first-order valence-corrected chi connectivity index (χ1v) is 9.91. The van der Waals surface area contributed by atoms with E-state index in [4.69, 9.17) is 0 Å². The van der Waals surface area contributed by atoms with E-state index in [9.17, 15) is 0 Å². The van der Waals surface area contributed by atoms with Crippen LogP contribution in [-0.4, -0.2) is 0 Å². The monoisotopic (exact) mass is 360 g/mol. The summed E-state index contributed by atoms with van der Waals surface area (Å²) >= 11 is 0. The third-order valence-electron chi connectivity index (χ3n) is 5.29. The van der Waals surface area contributed by atoms with Crippen LogP contribution in [0.5, 0.6) is 0 Å². The summed E-state index contributed by atoms with van der Waals surface area (Å²) in [6.07, 6.45) is 2.52. The number of hydrogen-bond acceptors (Lipinski definition) is 0. The van der Waals surface area contributed by atoms with Gasteiger partial charge in [0.05, 0.1) is 0 Å². The van der Waals surface area contributed by atoms with Gasteiger partial charge in [0.15, 0.2) is 0 Å². The van der Waals surface area contributed by atoms with Gasteiger partial charge in [-0.25, -0.2) is 0 Å². The lowest BCUT2D eigenvalue weighted by Gasteiger charge is -2.10. The van der Waals surface area contributed by atoms with Crippen LogP contribution in [0.2, 0.25) is 0 Å². The Morgan fingerprint density at radius 1 is 0.571 bits per heavy atom. The van der Waals surface area contributed by atoms with Crippen molar-refractivity contribution in [1.82, 2.24) is 0 Å². The predicted molar refractivity (Wildman–Crippen MR) is 117 cm³/mol. The Labute approximate surface area is 168 Å². The lowest BCUT2D eigenvalue weighted by molar-refractivity contribution is 1.08. The van der Waals surface area contributed by atoms with Crippen molar-refractivity contribution in [2.24, 2.45) is 0 Å². The van der Waals surface area contributed by atoms with Gasteiger partial charge >= 0.3 is 0 Å². The molecular weight excluding hydrogens is 336 g/mol. The largest absolute Gasteiger partial charge is 0.0616 e. The van der Waals surface area contributed by atoms with E-state index in [1.54, 1.807) is 0 Å². The Morgan fingerprint density at radius 2 is 1.04 bits per heavy atom. The molecule has 0 saturated heterocycles. The molecular formula is C28H24. The van der Waals surface area contributed by atoms with Gasteiger partial charge in [-0.1, -0.05) is 59.1 Å². The molecule has 0 bridgehead atoms. The van der Waals surface area contributed by atoms with E-state index in [0.29, 0.717) is 5.92 Å². The zero-order valence-electron chi connectivity index (χ0n) is 16.8. The van der Waals surface area contributed by atoms with Gasteiger partial charge in [-0.05, 0) is 87.1 Å². The van der Waals surface area contributed by atoms with E-state index in [0.717, 1.165) is 22.3 Å². The van der Waals surface area contributed by atoms with Gasteiger partial charge < -0.3 is 0 Å². The van der Waals surface area contributed by atoms with Gasteiger partial charge in [0.25, 0.3) is 0 Å². The summed E-state index contributed by atoms with van der Waals surface area (Å²) < 4.78 is 0. The van der Waals surface area contributed by atoms with E-state index >= 15 is 0 Å². The predicted octanol–water partition coefficient (Wildman–Crippen LogP) is 6.29. The molecule has 0 heterocycles. The Kier molecular flexibility index (Phi) is 5.06. The number of rotatable bonds is 1. The molecule has 3 aromatic carbocycles. The Morgan fingerprint density at radius 3 is 1.54 bits per heavy atom. The van der Waals surface area contributed by atoms with Crippen LogP contribution in [-0.2, 0) is 0 Å². The molecule has 0 unspecified atom stereocenters. The van der Waals surface area contributed by atoms with Gasteiger partial charge in [-0.2, -0.15) is 0 Å². The average Bonchev–Trinajstić information content (AvgIpc) is 3.53. The first-order valence-electron chi connectivity index (χ1n) is 9.91. The molecule has 4 rings (SSSR count). The molecule has 0 spiro atoms. The summed E-state index contributed by atoms with van der Waals surface area (Å²) in [5.41, 5.74) is 9.60. The van der Waals surface area contributed by atoms with E-state index in [2.05, 4.69) is 105 Å². The molecule has 1 aliphatic carbocycles. The molecule has 28 heavy (non-hydrogen) atoms. The van der Waals surface area contributed by atoms with Crippen molar-refractivity contribution < 1.29 is 0 Å². The highest BCUT2D eigenvalue weighted by atomic mass is 14.3. The maximum absolute atomic E-state index is 3.42. The van der Waals surface area contributed by atoms with Gasteiger partial charge in [-0.3, -0.25) is 0 Å². The number of benzene rings is 3. The van der Waals surface area contributed by atoms with Gasteiger partial charge in [0.1, 0.15) is 0 Å². The summed E-state index contributed by atoms with van der Waals surface area (Å²) in [6, 6.07) is 21.1. The summed E-state index contributed by atoms with van der Waals surface area (Å²) in [5.74, 6) is 14.1. The molecule has 0 atom stereocenters. The fraction of sp³-hybridized carbons (Fsp3) is 0.214. The molecule has 1 aliphatic rings. The minimum absolute atomic E-state index is 0.642. The second-order valence-corrected chi connectivity index (χ2v) is 7.71. The number of aryl methyl sites for hydroxylation is 2. The lowest BCUT2D eigenvalue weighted by Crippen LogP contribution is -1.96. The summed E-state index contributed by atoms with van der Waals surface area (Å²) in [5, 5.41) is 0. The summed E-state index contributed by atoms with van der Waals surface area (Å²) in [4.78, 5) is 0. The third kappa shape index (κ3) is 4.19. The van der Waals surface area contributed by atoms with Crippen LogP contribution in [0.4, 0.5) is 0 Å². The molecule has 0 aliphatic heterocycles. The van der Waals surface area contributed by atoms with Crippen LogP contribution in [0.1, 0.15) is 63.3 Å². The fourth-order valence-electron chi connectivity index (χ4n) is 3.42. The van der Waals surface area contributed by atoms with Gasteiger partial charge in [0, 0.05) is 22.3 Å². The molecule has 3 aromatic rings. The quantitative estimate of drug-likeness (QED) is 0.447.